The van der Waals surface area contributed by atoms with E-state index in [1.54, 1.807) is 36.4 Å². The van der Waals surface area contributed by atoms with Crippen LogP contribution in [-0.4, -0.2) is 29.7 Å². The van der Waals surface area contributed by atoms with Gasteiger partial charge in [-0.15, -0.1) is 0 Å². The standard InChI is InChI=1S/C27H22N2O5/c1-16-7-5-6-10-22(16)29-25(31)20-14-11-18(15-21(20)26(29)32)27(33)34-23(17-8-3-2-4-9-17)24(30)28-19-12-13-19/h2-11,14-15,19,23H,12-13H2,1H3,(H,28,30). The van der Waals surface area contributed by atoms with Gasteiger partial charge in [0, 0.05) is 11.6 Å². The van der Waals surface area contributed by atoms with Gasteiger partial charge >= 0.3 is 5.97 Å². The maximum Gasteiger partial charge on any atom is 0.339 e. The number of esters is 1. The number of hydrogen-bond donors (Lipinski definition) is 1. The highest BCUT2D eigenvalue weighted by atomic mass is 16.5. The minimum atomic E-state index is -1.12. The zero-order chi connectivity index (χ0) is 23.8. The number of carbonyl (C=O) groups excluding carboxylic acids is 4. The second-order valence-electron chi connectivity index (χ2n) is 8.47. The first-order valence-corrected chi connectivity index (χ1v) is 11.1. The fourth-order valence-corrected chi connectivity index (χ4v) is 3.98. The number of aryl methyl sites for hydroxylation is 1. The lowest BCUT2D eigenvalue weighted by Crippen LogP contribution is -2.33. The van der Waals surface area contributed by atoms with E-state index >= 15 is 0 Å². The Balaban J connectivity index is 1.41. The fourth-order valence-electron chi connectivity index (χ4n) is 3.98. The molecule has 1 atom stereocenters. The number of imide groups is 1. The van der Waals surface area contributed by atoms with Gasteiger partial charge in [0.25, 0.3) is 17.7 Å². The van der Waals surface area contributed by atoms with Crippen molar-refractivity contribution in [3.63, 3.8) is 0 Å². The number of nitrogens with zero attached hydrogens (tertiary/aromatic N) is 1. The van der Waals surface area contributed by atoms with Gasteiger partial charge in [0.15, 0.2) is 0 Å². The molecule has 0 saturated heterocycles. The molecule has 3 aromatic carbocycles. The molecule has 170 valence electrons. The van der Waals surface area contributed by atoms with Crippen molar-refractivity contribution in [3.8, 4) is 0 Å². The molecule has 1 N–H and O–H groups in total. The van der Waals surface area contributed by atoms with Crippen LogP contribution < -0.4 is 10.2 Å². The lowest BCUT2D eigenvalue weighted by atomic mass is 10.1. The third kappa shape index (κ3) is 3.96. The summed E-state index contributed by atoms with van der Waals surface area (Å²) in [5, 5.41) is 2.87. The van der Waals surface area contributed by atoms with Gasteiger partial charge in [-0.2, -0.15) is 0 Å². The number of benzene rings is 3. The van der Waals surface area contributed by atoms with E-state index in [1.165, 1.54) is 18.2 Å². The van der Waals surface area contributed by atoms with E-state index in [1.807, 2.05) is 25.1 Å². The minimum absolute atomic E-state index is 0.0895. The summed E-state index contributed by atoms with van der Waals surface area (Å²) in [7, 11) is 0. The molecule has 1 aliphatic heterocycles. The minimum Gasteiger partial charge on any atom is -0.444 e. The van der Waals surface area contributed by atoms with Crippen LogP contribution in [0.15, 0.2) is 72.8 Å². The van der Waals surface area contributed by atoms with E-state index in [0.29, 0.717) is 11.3 Å². The average molecular weight is 454 g/mol. The third-order valence-electron chi connectivity index (χ3n) is 5.97. The predicted octanol–water partition coefficient (Wildman–Crippen LogP) is 3.97. The number of carbonyl (C=O) groups is 4. The topological polar surface area (TPSA) is 92.8 Å². The molecule has 0 spiro atoms. The van der Waals surface area contributed by atoms with Crippen molar-refractivity contribution in [1.29, 1.82) is 0 Å². The first kappa shape index (κ1) is 21.6. The molecule has 0 aromatic heterocycles. The zero-order valence-electron chi connectivity index (χ0n) is 18.5. The van der Waals surface area contributed by atoms with E-state index in [0.717, 1.165) is 23.3 Å². The number of hydrogen-bond acceptors (Lipinski definition) is 5. The Morgan fingerprint density at radius 2 is 1.59 bits per heavy atom. The van der Waals surface area contributed by atoms with Crippen LogP contribution in [0.4, 0.5) is 5.69 Å². The van der Waals surface area contributed by atoms with Gasteiger partial charge in [0.05, 0.1) is 22.4 Å². The van der Waals surface area contributed by atoms with Crippen LogP contribution in [0.5, 0.6) is 0 Å². The van der Waals surface area contributed by atoms with Gasteiger partial charge in [-0.25, -0.2) is 9.69 Å². The molecule has 34 heavy (non-hydrogen) atoms. The summed E-state index contributed by atoms with van der Waals surface area (Å²) in [5.41, 5.74) is 2.26. The quantitative estimate of drug-likeness (QED) is 0.449. The van der Waals surface area contributed by atoms with E-state index in [4.69, 9.17) is 4.74 Å². The third-order valence-corrected chi connectivity index (χ3v) is 5.97. The second kappa shape index (κ2) is 8.59. The highest BCUT2D eigenvalue weighted by molar-refractivity contribution is 6.35. The average Bonchev–Trinajstić information content (AvgIpc) is 3.63. The smallest absolute Gasteiger partial charge is 0.339 e. The van der Waals surface area contributed by atoms with Crippen molar-refractivity contribution < 1.29 is 23.9 Å². The van der Waals surface area contributed by atoms with Crippen molar-refractivity contribution in [1.82, 2.24) is 5.32 Å². The Bertz CT molecular complexity index is 1310. The highest BCUT2D eigenvalue weighted by Crippen LogP contribution is 2.31. The van der Waals surface area contributed by atoms with Gasteiger partial charge in [-0.3, -0.25) is 14.4 Å². The summed E-state index contributed by atoms with van der Waals surface area (Å²) in [4.78, 5) is 53.0. The Morgan fingerprint density at radius 3 is 2.29 bits per heavy atom. The van der Waals surface area contributed by atoms with E-state index in [-0.39, 0.29) is 28.6 Å². The Morgan fingerprint density at radius 1 is 0.912 bits per heavy atom. The Kier molecular flexibility index (Phi) is 5.45. The van der Waals surface area contributed by atoms with Crippen molar-refractivity contribution >= 4 is 29.4 Å². The highest BCUT2D eigenvalue weighted by Gasteiger charge is 2.38. The Labute approximate surface area is 196 Å². The van der Waals surface area contributed by atoms with Crippen LogP contribution >= 0.6 is 0 Å². The molecule has 3 amide bonds. The normalized spacial score (nSPS) is 15.6. The SMILES string of the molecule is Cc1ccccc1N1C(=O)c2ccc(C(=O)OC(C(=O)NC3CC3)c3ccccc3)cc2C1=O. The van der Waals surface area contributed by atoms with Crippen LogP contribution in [0, 0.1) is 6.92 Å². The number of ether oxygens (including phenoxy) is 1. The van der Waals surface area contributed by atoms with Gasteiger partial charge in [0.2, 0.25) is 6.10 Å². The molecule has 0 radical (unpaired) electrons. The number of nitrogens with one attached hydrogen (secondary N) is 1. The monoisotopic (exact) mass is 454 g/mol. The van der Waals surface area contributed by atoms with Crippen molar-refractivity contribution in [3.05, 3.63) is 101 Å². The molecule has 1 heterocycles. The van der Waals surface area contributed by atoms with Crippen LogP contribution in [0.25, 0.3) is 0 Å². The van der Waals surface area contributed by atoms with Gasteiger partial charge < -0.3 is 10.1 Å². The predicted molar refractivity (Wildman–Crippen MR) is 125 cm³/mol. The van der Waals surface area contributed by atoms with E-state index < -0.39 is 23.9 Å². The van der Waals surface area contributed by atoms with Crippen molar-refractivity contribution in [2.24, 2.45) is 0 Å². The maximum absolute atomic E-state index is 13.1. The summed E-state index contributed by atoms with van der Waals surface area (Å²) in [6.07, 6.45) is 0.683. The van der Waals surface area contributed by atoms with Gasteiger partial charge in [-0.1, -0.05) is 48.5 Å². The number of amides is 3. The molecule has 5 rings (SSSR count). The van der Waals surface area contributed by atoms with Gasteiger partial charge in [-0.05, 0) is 49.6 Å². The first-order valence-electron chi connectivity index (χ1n) is 11.1. The lowest BCUT2D eigenvalue weighted by Gasteiger charge is -2.18. The molecular formula is C27H22N2O5. The molecule has 1 unspecified atom stereocenters. The second-order valence-corrected chi connectivity index (χ2v) is 8.47. The first-order chi connectivity index (χ1) is 16.4. The molecule has 2 aliphatic rings. The zero-order valence-corrected chi connectivity index (χ0v) is 18.5. The molecule has 1 aliphatic carbocycles. The maximum atomic E-state index is 13.1. The number of rotatable bonds is 6. The number of anilines is 1. The molecule has 1 saturated carbocycles. The molecule has 7 heteroatoms. The summed E-state index contributed by atoms with van der Waals surface area (Å²) in [5.74, 6) is -2.09. The van der Waals surface area contributed by atoms with Crippen LogP contribution in [0.2, 0.25) is 0 Å². The summed E-state index contributed by atoms with van der Waals surface area (Å²) in [6.45, 7) is 1.82. The van der Waals surface area contributed by atoms with Crippen LogP contribution in [0.1, 0.15) is 61.1 Å². The fraction of sp³-hybridized carbons (Fsp3) is 0.185. The lowest BCUT2D eigenvalue weighted by molar-refractivity contribution is -0.130. The molecule has 1 fully saturated rings. The molecular weight excluding hydrogens is 432 g/mol. The Hall–Kier alpha value is -4.26. The largest absolute Gasteiger partial charge is 0.444 e. The molecule has 0 bridgehead atoms. The van der Waals surface area contributed by atoms with E-state index in [2.05, 4.69) is 5.32 Å². The van der Waals surface area contributed by atoms with Gasteiger partial charge in [0.1, 0.15) is 0 Å². The van der Waals surface area contributed by atoms with Crippen LogP contribution in [0.3, 0.4) is 0 Å². The molecule has 3 aromatic rings. The molecule has 7 nitrogen and oxygen atoms in total. The number of fused-ring (bicyclic) bond motifs is 1. The summed E-state index contributed by atoms with van der Waals surface area (Å²) in [6, 6.07) is 20.2. The number of para-hydroxylation sites is 1. The van der Waals surface area contributed by atoms with Crippen molar-refractivity contribution in [2.75, 3.05) is 4.90 Å². The van der Waals surface area contributed by atoms with Crippen LogP contribution in [-0.2, 0) is 9.53 Å². The summed E-state index contributed by atoms with van der Waals surface area (Å²) < 4.78 is 5.60. The summed E-state index contributed by atoms with van der Waals surface area (Å²) >= 11 is 0. The van der Waals surface area contributed by atoms with Crippen molar-refractivity contribution in [2.45, 2.75) is 31.9 Å². The van der Waals surface area contributed by atoms with E-state index in [9.17, 15) is 19.2 Å².